The molecule has 0 aliphatic heterocycles. The molecule has 1 aromatic rings. The first-order chi connectivity index (χ1) is 7.59. The zero-order valence-electron chi connectivity index (χ0n) is 10.2. The van der Waals surface area contributed by atoms with Crippen LogP contribution < -0.4 is 10.6 Å². The van der Waals surface area contributed by atoms with Gasteiger partial charge in [-0.2, -0.15) is 0 Å². The summed E-state index contributed by atoms with van der Waals surface area (Å²) >= 11 is 0. The summed E-state index contributed by atoms with van der Waals surface area (Å²) < 4.78 is 0. The van der Waals surface area contributed by atoms with Gasteiger partial charge in [-0.05, 0) is 38.3 Å². The van der Waals surface area contributed by atoms with Crippen molar-refractivity contribution in [2.24, 2.45) is 0 Å². The van der Waals surface area contributed by atoms with Gasteiger partial charge < -0.3 is 10.6 Å². The predicted octanol–water partition coefficient (Wildman–Crippen LogP) is 2.25. The van der Waals surface area contributed by atoms with Crippen LogP contribution in [0.3, 0.4) is 0 Å². The number of hydrogen-bond acceptors (Lipinski definition) is 1. The number of carbonyl (C=O) groups excluding carboxylic acids is 1. The summed E-state index contributed by atoms with van der Waals surface area (Å²) in [6, 6.07) is 8.32. The van der Waals surface area contributed by atoms with Gasteiger partial charge >= 0.3 is 6.03 Å². The predicted molar refractivity (Wildman–Crippen MR) is 66.6 cm³/mol. The van der Waals surface area contributed by atoms with Gasteiger partial charge in [0.05, 0.1) is 0 Å². The van der Waals surface area contributed by atoms with Crippen molar-refractivity contribution in [1.29, 1.82) is 0 Å². The highest BCUT2D eigenvalue weighted by molar-refractivity contribution is 5.74. The van der Waals surface area contributed by atoms with Gasteiger partial charge in [-0.1, -0.05) is 24.3 Å². The van der Waals surface area contributed by atoms with Crippen LogP contribution in [0.4, 0.5) is 4.79 Å². The lowest BCUT2D eigenvalue weighted by molar-refractivity contribution is 0.238. The van der Waals surface area contributed by atoms with Gasteiger partial charge in [0, 0.05) is 12.6 Å². The molecular formula is C13H20N2O. The quantitative estimate of drug-likeness (QED) is 0.802. The number of nitrogens with one attached hydrogen (secondary N) is 2. The van der Waals surface area contributed by atoms with Gasteiger partial charge in [-0.25, -0.2) is 4.79 Å². The van der Waals surface area contributed by atoms with Gasteiger partial charge in [0.1, 0.15) is 0 Å². The molecule has 0 aromatic heterocycles. The molecule has 1 aromatic carbocycles. The fourth-order valence-electron chi connectivity index (χ4n) is 1.51. The zero-order valence-corrected chi connectivity index (χ0v) is 10.2. The third-order valence-electron chi connectivity index (χ3n) is 2.36. The molecule has 0 unspecified atom stereocenters. The van der Waals surface area contributed by atoms with Crippen LogP contribution in [0, 0.1) is 6.92 Å². The van der Waals surface area contributed by atoms with Crippen LogP contribution >= 0.6 is 0 Å². The van der Waals surface area contributed by atoms with E-state index in [9.17, 15) is 4.79 Å². The highest BCUT2D eigenvalue weighted by atomic mass is 16.2. The molecule has 88 valence electrons. The molecule has 3 nitrogen and oxygen atoms in total. The van der Waals surface area contributed by atoms with Crippen LogP contribution in [0.15, 0.2) is 24.3 Å². The van der Waals surface area contributed by atoms with Crippen molar-refractivity contribution in [1.82, 2.24) is 10.6 Å². The van der Waals surface area contributed by atoms with E-state index in [0.29, 0.717) is 6.54 Å². The third kappa shape index (κ3) is 4.34. The summed E-state index contributed by atoms with van der Waals surface area (Å²) in [7, 11) is 0. The summed E-state index contributed by atoms with van der Waals surface area (Å²) in [6.45, 7) is 6.65. The lowest BCUT2D eigenvalue weighted by Crippen LogP contribution is -2.40. The fourth-order valence-corrected chi connectivity index (χ4v) is 1.51. The minimum atomic E-state index is -0.0939. The van der Waals surface area contributed by atoms with E-state index in [0.717, 1.165) is 6.42 Å². The van der Waals surface area contributed by atoms with E-state index >= 15 is 0 Å². The Morgan fingerprint density at radius 3 is 2.62 bits per heavy atom. The maximum Gasteiger partial charge on any atom is 0.314 e. The Labute approximate surface area is 97.2 Å². The molecule has 0 bridgehead atoms. The number of rotatable bonds is 4. The molecule has 2 amide bonds. The van der Waals surface area contributed by atoms with Crippen LogP contribution in [0.2, 0.25) is 0 Å². The van der Waals surface area contributed by atoms with E-state index < -0.39 is 0 Å². The average molecular weight is 220 g/mol. The molecule has 0 aliphatic rings. The van der Waals surface area contributed by atoms with Gasteiger partial charge in [0.25, 0.3) is 0 Å². The standard InChI is InChI=1S/C13H20N2O/c1-10(2)15-13(16)14-9-8-12-7-5-4-6-11(12)3/h4-7,10H,8-9H2,1-3H3,(H2,14,15,16). The Hall–Kier alpha value is -1.51. The summed E-state index contributed by atoms with van der Waals surface area (Å²) in [5.74, 6) is 0. The van der Waals surface area contributed by atoms with Crippen LogP contribution in [-0.2, 0) is 6.42 Å². The molecule has 0 saturated carbocycles. The van der Waals surface area contributed by atoms with Crippen molar-refractivity contribution in [2.75, 3.05) is 6.54 Å². The van der Waals surface area contributed by atoms with E-state index in [1.54, 1.807) is 0 Å². The maximum absolute atomic E-state index is 11.3. The van der Waals surface area contributed by atoms with E-state index in [-0.39, 0.29) is 12.1 Å². The van der Waals surface area contributed by atoms with E-state index in [1.165, 1.54) is 11.1 Å². The molecule has 1 rings (SSSR count). The molecular weight excluding hydrogens is 200 g/mol. The molecule has 0 spiro atoms. The Morgan fingerprint density at radius 2 is 2.00 bits per heavy atom. The van der Waals surface area contributed by atoms with Gasteiger partial charge in [-0.15, -0.1) is 0 Å². The second-order valence-corrected chi connectivity index (χ2v) is 4.23. The first kappa shape index (κ1) is 12.6. The number of benzene rings is 1. The Balaban J connectivity index is 2.31. The monoisotopic (exact) mass is 220 g/mol. The van der Waals surface area contributed by atoms with Gasteiger partial charge in [0.2, 0.25) is 0 Å². The molecule has 2 N–H and O–H groups in total. The Morgan fingerprint density at radius 1 is 1.31 bits per heavy atom. The molecule has 0 saturated heterocycles. The highest BCUT2D eigenvalue weighted by Crippen LogP contribution is 2.06. The summed E-state index contributed by atoms with van der Waals surface area (Å²) in [5.41, 5.74) is 2.56. The SMILES string of the molecule is Cc1ccccc1CCNC(=O)NC(C)C. The number of urea groups is 1. The maximum atomic E-state index is 11.3. The summed E-state index contributed by atoms with van der Waals surface area (Å²) in [6.07, 6.45) is 0.873. The number of carbonyl (C=O) groups is 1. The van der Waals surface area contributed by atoms with Crippen LogP contribution in [0.25, 0.3) is 0 Å². The van der Waals surface area contributed by atoms with Crippen molar-refractivity contribution >= 4 is 6.03 Å². The van der Waals surface area contributed by atoms with Crippen LogP contribution in [-0.4, -0.2) is 18.6 Å². The van der Waals surface area contributed by atoms with Crippen molar-refractivity contribution < 1.29 is 4.79 Å². The molecule has 0 atom stereocenters. The number of aryl methyl sites for hydroxylation is 1. The normalized spacial score (nSPS) is 10.2. The second-order valence-electron chi connectivity index (χ2n) is 4.23. The third-order valence-corrected chi connectivity index (χ3v) is 2.36. The summed E-state index contributed by atoms with van der Waals surface area (Å²) in [5, 5.41) is 5.63. The first-order valence-corrected chi connectivity index (χ1v) is 5.68. The Bertz CT molecular complexity index is 348. The van der Waals surface area contributed by atoms with Crippen molar-refractivity contribution in [2.45, 2.75) is 33.2 Å². The van der Waals surface area contributed by atoms with E-state index in [1.807, 2.05) is 26.0 Å². The molecule has 3 heteroatoms. The minimum Gasteiger partial charge on any atom is -0.338 e. The topological polar surface area (TPSA) is 41.1 Å². The van der Waals surface area contributed by atoms with E-state index in [4.69, 9.17) is 0 Å². The lowest BCUT2D eigenvalue weighted by atomic mass is 10.1. The average Bonchev–Trinajstić information content (AvgIpc) is 2.19. The molecule has 16 heavy (non-hydrogen) atoms. The molecule has 0 fully saturated rings. The Kier molecular flexibility index (Phi) is 4.83. The largest absolute Gasteiger partial charge is 0.338 e. The lowest BCUT2D eigenvalue weighted by Gasteiger charge is -2.10. The van der Waals surface area contributed by atoms with Gasteiger partial charge in [0.15, 0.2) is 0 Å². The first-order valence-electron chi connectivity index (χ1n) is 5.68. The zero-order chi connectivity index (χ0) is 12.0. The molecule has 0 heterocycles. The van der Waals surface area contributed by atoms with Crippen molar-refractivity contribution in [3.8, 4) is 0 Å². The number of amides is 2. The molecule has 0 aliphatic carbocycles. The van der Waals surface area contributed by atoms with E-state index in [2.05, 4.69) is 29.7 Å². The smallest absolute Gasteiger partial charge is 0.314 e. The fraction of sp³-hybridized carbons (Fsp3) is 0.462. The highest BCUT2D eigenvalue weighted by Gasteiger charge is 2.02. The van der Waals surface area contributed by atoms with Crippen molar-refractivity contribution in [3.63, 3.8) is 0 Å². The summed E-state index contributed by atoms with van der Waals surface area (Å²) in [4.78, 5) is 11.3. The van der Waals surface area contributed by atoms with Gasteiger partial charge in [-0.3, -0.25) is 0 Å². The molecule has 0 radical (unpaired) electrons. The number of hydrogen-bond donors (Lipinski definition) is 2. The van der Waals surface area contributed by atoms with Crippen LogP contribution in [0.5, 0.6) is 0 Å². The minimum absolute atomic E-state index is 0.0939. The second kappa shape index (κ2) is 6.16. The van der Waals surface area contributed by atoms with Crippen molar-refractivity contribution in [3.05, 3.63) is 35.4 Å². The van der Waals surface area contributed by atoms with Crippen LogP contribution in [0.1, 0.15) is 25.0 Å².